The molecular weight excluding hydrogens is 298 g/mol. The Morgan fingerprint density at radius 1 is 0.789 bits per heavy atom. The van der Waals surface area contributed by atoms with Crippen LogP contribution in [-0.4, -0.2) is 17.9 Å². The van der Waals surface area contributed by atoms with Crippen LogP contribution in [0.25, 0.3) is 0 Å². The second-order valence-electron chi connectivity index (χ2n) is 6.06. The first-order valence-corrected chi connectivity index (χ1v) is 9.63. The summed E-state index contributed by atoms with van der Waals surface area (Å²) >= 11 is 3.55. The number of hydrogen-bond donors (Lipinski definition) is 1. The standard InChI is InChI=1S/C17H36BrN/c1-4-5-6-7-8-9-10-11-12-13-14-19-17(3)16(2)15-18/h16-17,19H,4-15H2,1-3H3. The Morgan fingerprint density at radius 2 is 1.26 bits per heavy atom. The Morgan fingerprint density at radius 3 is 1.74 bits per heavy atom. The molecular formula is C17H36BrN. The van der Waals surface area contributed by atoms with E-state index in [-0.39, 0.29) is 0 Å². The first-order valence-electron chi connectivity index (χ1n) is 8.51. The van der Waals surface area contributed by atoms with E-state index >= 15 is 0 Å². The third-order valence-electron chi connectivity index (χ3n) is 4.09. The van der Waals surface area contributed by atoms with E-state index in [1.54, 1.807) is 0 Å². The molecule has 0 aromatic carbocycles. The molecule has 0 fully saturated rings. The molecule has 0 radical (unpaired) electrons. The van der Waals surface area contributed by atoms with Gasteiger partial charge in [-0.15, -0.1) is 0 Å². The molecule has 0 aliphatic rings. The van der Waals surface area contributed by atoms with Crippen LogP contribution in [0.3, 0.4) is 0 Å². The summed E-state index contributed by atoms with van der Waals surface area (Å²) in [5.74, 6) is 0.725. The number of halogens is 1. The molecule has 2 atom stereocenters. The highest BCUT2D eigenvalue weighted by Gasteiger charge is 2.08. The highest BCUT2D eigenvalue weighted by molar-refractivity contribution is 9.09. The fourth-order valence-corrected chi connectivity index (χ4v) is 2.84. The Kier molecular flexibility index (Phi) is 15.2. The largest absolute Gasteiger partial charge is 0.314 e. The minimum absolute atomic E-state index is 0.637. The van der Waals surface area contributed by atoms with Crippen molar-refractivity contribution in [3.63, 3.8) is 0 Å². The van der Waals surface area contributed by atoms with E-state index < -0.39 is 0 Å². The van der Waals surface area contributed by atoms with Gasteiger partial charge in [0.1, 0.15) is 0 Å². The van der Waals surface area contributed by atoms with Crippen molar-refractivity contribution in [3.8, 4) is 0 Å². The van der Waals surface area contributed by atoms with Crippen LogP contribution in [-0.2, 0) is 0 Å². The van der Waals surface area contributed by atoms with Gasteiger partial charge in [-0.05, 0) is 25.8 Å². The highest BCUT2D eigenvalue weighted by atomic mass is 79.9. The average Bonchev–Trinajstić information content (AvgIpc) is 2.43. The van der Waals surface area contributed by atoms with Gasteiger partial charge in [0.2, 0.25) is 0 Å². The van der Waals surface area contributed by atoms with E-state index in [4.69, 9.17) is 0 Å². The quantitative estimate of drug-likeness (QED) is 0.307. The van der Waals surface area contributed by atoms with Crippen molar-refractivity contribution < 1.29 is 0 Å². The second-order valence-corrected chi connectivity index (χ2v) is 6.70. The van der Waals surface area contributed by atoms with Gasteiger partial charge in [-0.3, -0.25) is 0 Å². The Labute approximate surface area is 130 Å². The molecule has 0 aliphatic carbocycles. The predicted molar refractivity (Wildman–Crippen MR) is 92.3 cm³/mol. The highest BCUT2D eigenvalue weighted by Crippen LogP contribution is 2.10. The molecule has 0 aromatic heterocycles. The first-order chi connectivity index (χ1) is 9.22. The van der Waals surface area contributed by atoms with E-state index in [1.165, 1.54) is 70.8 Å². The molecule has 1 N–H and O–H groups in total. The zero-order valence-corrected chi connectivity index (χ0v) is 15.1. The maximum absolute atomic E-state index is 3.63. The molecule has 19 heavy (non-hydrogen) atoms. The first kappa shape index (κ1) is 19.4. The van der Waals surface area contributed by atoms with Gasteiger partial charge in [0.25, 0.3) is 0 Å². The zero-order chi connectivity index (χ0) is 14.3. The van der Waals surface area contributed by atoms with Gasteiger partial charge in [-0.1, -0.05) is 87.6 Å². The lowest BCUT2D eigenvalue weighted by Crippen LogP contribution is -2.33. The molecule has 2 unspecified atom stereocenters. The molecule has 0 spiro atoms. The summed E-state index contributed by atoms with van der Waals surface area (Å²) in [6, 6.07) is 0.637. The summed E-state index contributed by atoms with van der Waals surface area (Å²) < 4.78 is 0. The lowest BCUT2D eigenvalue weighted by Gasteiger charge is -2.19. The van der Waals surface area contributed by atoms with E-state index in [9.17, 15) is 0 Å². The molecule has 1 nitrogen and oxygen atoms in total. The molecule has 0 saturated carbocycles. The van der Waals surface area contributed by atoms with Gasteiger partial charge in [0.05, 0.1) is 0 Å². The fourth-order valence-electron chi connectivity index (χ4n) is 2.28. The van der Waals surface area contributed by atoms with Crippen LogP contribution < -0.4 is 5.32 Å². The van der Waals surface area contributed by atoms with Gasteiger partial charge < -0.3 is 5.32 Å². The van der Waals surface area contributed by atoms with Crippen LogP contribution in [0.1, 0.15) is 85.0 Å². The Bertz CT molecular complexity index is 173. The maximum Gasteiger partial charge on any atom is 0.00723 e. The van der Waals surface area contributed by atoms with Crippen molar-refractivity contribution in [1.82, 2.24) is 5.32 Å². The van der Waals surface area contributed by atoms with Crippen LogP contribution in [0.4, 0.5) is 0 Å². The van der Waals surface area contributed by atoms with E-state index in [2.05, 4.69) is 42.0 Å². The number of unbranched alkanes of at least 4 members (excludes halogenated alkanes) is 9. The van der Waals surface area contributed by atoms with Gasteiger partial charge in [-0.25, -0.2) is 0 Å². The molecule has 0 bridgehead atoms. The van der Waals surface area contributed by atoms with E-state index in [0.29, 0.717) is 6.04 Å². The molecule has 0 amide bonds. The smallest absolute Gasteiger partial charge is 0.00723 e. The number of rotatable bonds is 14. The van der Waals surface area contributed by atoms with Crippen molar-refractivity contribution in [2.75, 3.05) is 11.9 Å². The Balaban J connectivity index is 3.10. The van der Waals surface area contributed by atoms with E-state index in [1.807, 2.05) is 0 Å². The van der Waals surface area contributed by atoms with Gasteiger partial charge in [0.15, 0.2) is 0 Å². The van der Waals surface area contributed by atoms with Gasteiger partial charge in [0, 0.05) is 11.4 Å². The third-order valence-corrected chi connectivity index (χ3v) is 5.11. The molecule has 0 rings (SSSR count). The van der Waals surface area contributed by atoms with Crippen LogP contribution in [0.5, 0.6) is 0 Å². The molecule has 116 valence electrons. The van der Waals surface area contributed by atoms with Crippen molar-refractivity contribution in [2.45, 2.75) is 91.0 Å². The monoisotopic (exact) mass is 333 g/mol. The number of nitrogens with one attached hydrogen (secondary N) is 1. The third kappa shape index (κ3) is 13.2. The molecule has 0 aliphatic heterocycles. The minimum atomic E-state index is 0.637. The van der Waals surface area contributed by atoms with Crippen molar-refractivity contribution >= 4 is 15.9 Å². The maximum atomic E-state index is 3.63. The van der Waals surface area contributed by atoms with Crippen molar-refractivity contribution in [2.24, 2.45) is 5.92 Å². The summed E-state index contributed by atoms with van der Waals surface area (Å²) in [7, 11) is 0. The van der Waals surface area contributed by atoms with E-state index in [0.717, 1.165) is 11.2 Å². The van der Waals surface area contributed by atoms with Gasteiger partial charge >= 0.3 is 0 Å². The topological polar surface area (TPSA) is 12.0 Å². The normalized spacial score (nSPS) is 14.5. The van der Waals surface area contributed by atoms with Crippen LogP contribution in [0.15, 0.2) is 0 Å². The molecule has 0 heterocycles. The van der Waals surface area contributed by atoms with Crippen molar-refractivity contribution in [3.05, 3.63) is 0 Å². The molecule has 0 saturated heterocycles. The van der Waals surface area contributed by atoms with Crippen LogP contribution in [0.2, 0.25) is 0 Å². The SMILES string of the molecule is CCCCCCCCCCCCNC(C)C(C)CBr. The fraction of sp³-hybridized carbons (Fsp3) is 1.00. The zero-order valence-electron chi connectivity index (χ0n) is 13.5. The summed E-state index contributed by atoms with van der Waals surface area (Å²) in [5, 5.41) is 4.72. The van der Waals surface area contributed by atoms with Gasteiger partial charge in [-0.2, -0.15) is 0 Å². The molecule has 2 heteroatoms. The second kappa shape index (κ2) is 14.8. The summed E-state index contributed by atoms with van der Waals surface area (Å²) in [6.07, 6.45) is 14.2. The lowest BCUT2D eigenvalue weighted by molar-refractivity contribution is 0.425. The number of hydrogen-bond acceptors (Lipinski definition) is 1. The van der Waals surface area contributed by atoms with Crippen LogP contribution >= 0.6 is 15.9 Å². The average molecular weight is 334 g/mol. The van der Waals surface area contributed by atoms with Crippen molar-refractivity contribution in [1.29, 1.82) is 0 Å². The lowest BCUT2D eigenvalue weighted by atomic mass is 10.1. The van der Waals surface area contributed by atoms with Crippen LogP contribution in [0, 0.1) is 5.92 Å². The Hall–Kier alpha value is 0.440. The summed E-state index contributed by atoms with van der Waals surface area (Å²) in [6.45, 7) is 8.07. The molecule has 0 aromatic rings. The predicted octanol–water partition coefficient (Wildman–Crippen LogP) is 5.92. The summed E-state index contributed by atoms with van der Waals surface area (Å²) in [5.41, 5.74) is 0. The minimum Gasteiger partial charge on any atom is -0.314 e. The number of alkyl halides is 1. The summed E-state index contributed by atoms with van der Waals surface area (Å²) in [4.78, 5) is 0.